The van der Waals surface area contributed by atoms with Gasteiger partial charge in [-0.2, -0.15) is 0 Å². The quantitative estimate of drug-likeness (QED) is 0.760. The summed E-state index contributed by atoms with van der Waals surface area (Å²) in [5.41, 5.74) is 1.33. The largest absolute Gasteiger partial charge is 0.336 e. The molecule has 6 nitrogen and oxygen atoms in total. The van der Waals surface area contributed by atoms with Crippen molar-refractivity contribution in [3.8, 4) is 0 Å². The van der Waals surface area contributed by atoms with Gasteiger partial charge in [-0.3, -0.25) is 4.79 Å². The molecular formula is C17H27ClN4O2. The minimum Gasteiger partial charge on any atom is -0.336 e. The molecule has 1 unspecified atom stereocenters. The molecule has 1 saturated heterocycles. The zero-order valence-electron chi connectivity index (χ0n) is 14.5. The molecule has 0 aromatic heterocycles. The first-order chi connectivity index (χ1) is 11.0. The van der Waals surface area contributed by atoms with Gasteiger partial charge in [-0.15, -0.1) is 12.4 Å². The molecule has 3 amide bonds. The Kier molecular flexibility index (Phi) is 8.01. The summed E-state index contributed by atoms with van der Waals surface area (Å²) in [7, 11) is 1.91. The molecule has 1 aromatic rings. The fourth-order valence-electron chi connectivity index (χ4n) is 2.84. The SMILES string of the molecule is CNCC1CCCN1C(=O)c1ccc(NC(=O)NC(C)C)cc1.Cl. The van der Waals surface area contributed by atoms with Gasteiger partial charge in [0.1, 0.15) is 0 Å². The predicted octanol–water partition coefficient (Wildman–Crippen LogP) is 2.46. The molecule has 3 N–H and O–H groups in total. The Morgan fingerprint density at radius 1 is 1.25 bits per heavy atom. The lowest BCUT2D eigenvalue weighted by Gasteiger charge is -2.24. The Morgan fingerprint density at radius 3 is 2.50 bits per heavy atom. The van der Waals surface area contributed by atoms with Crippen molar-refractivity contribution in [1.82, 2.24) is 15.5 Å². The van der Waals surface area contributed by atoms with E-state index in [1.54, 1.807) is 24.3 Å². The molecule has 0 bridgehead atoms. The van der Waals surface area contributed by atoms with Gasteiger partial charge >= 0.3 is 6.03 Å². The van der Waals surface area contributed by atoms with Crippen molar-refractivity contribution in [2.24, 2.45) is 0 Å². The molecular weight excluding hydrogens is 328 g/mol. The number of likely N-dealkylation sites (tertiary alicyclic amines) is 1. The third kappa shape index (κ3) is 5.39. The number of carbonyl (C=O) groups excluding carboxylic acids is 2. The van der Waals surface area contributed by atoms with E-state index in [4.69, 9.17) is 0 Å². The highest BCUT2D eigenvalue weighted by Crippen LogP contribution is 2.20. The summed E-state index contributed by atoms with van der Waals surface area (Å²) in [6.45, 7) is 5.43. The molecule has 1 atom stereocenters. The Balaban J connectivity index is 0.00000288. The van der Waals surface area contributed by atoms with E-state index in [-0.39, 0.29) is 36.4 Å². The van der Waals surface area contributed by atoms with Gasteiger partial charge in [-0.1, -0.05) is 0 Å². The molecule has 1 fully saturated rings. The minimum absolute atomic E-state index is 0. The van der Waals surface area contributed by atoms with Crippen molar-refractivity contribution in [2.75, 3.05) is 25.5 Å². The van der Waals surface area contributed by atoms with Crippen LogP contribution < -0.4 is 16.0 Å². The molecule has 2 rings (SSSR count). The summed E-state index contributed by atoms with van der Waals surface area (Å²) < 4.78 is 0. The van der Waals surface area contributed by atoms with E-state index >= 15 is 0 Å². The number of hydrogen-bond acceptors (Lipinski definition) is 3. The lowest BCUT2D eigenvalue weighted by atomic mass is 10.1. The number of likely N-dealkylation sites (N-methyl/N-ethyl adjacent to an activating group) is 1. The number of anilines is 1. The van der Waals surface area contributed by atoms with Crippen molar-refractivity contribution in [3.05, 3.63) is 29.8 Å². The van der Waals surface area contributed by atoms with Crippen LogP contribution in [0.5, 0.6) is 0 Å². The maximum absolute atomic E-state index is 12.6. The van der Waals surface area contributed by atoms with Gasteiger partial charge in [-0.05, 0) is 58.0 Å². The van der Waals surface area contributed by atoms with E-state index in [0.29, 0.717) is 11.3 Å². The summed E-state index contributed by atoms with van der Waals surface area (Å²) in [4.78, 5) is 26.2. The summed E-state index contributed by atoms with van der Waals surface area (Å²) in [6, 6.07) is 7.15. The van der Waals surface area contributed by atoms with Crippen LogP contribution in [0.25, 0.3) is 0 Å². The van der Waals surface area contributed by atoms with Gasteiger partial charge in [0.05, 0.1) is 0 Å². The standard InChI is InChI=1S/C17H26N4O2.ClH/c1-12(2)19-17(23)20-14-8-6-13(7-9-14)16(22)21-10-4-5-15(21)11-18-3;/h6-9,12,15,18H,4-5,10-11H2,1-3H3,(H2,19,20,23);1H. The Labute approximate surface area is 149 Å². The van der Waals surface area contributed by atoms with Crippen LogP contribution in [0.1, 0.15) is 37.0 Å². The molecule has 0 radical (unpaired) electrons. The van der Waals surface area contributed by atoms with Crippen LogP contribution in [0.15, 0.2) is 24.3 Å². The van der Waals surface area contributed by atoms with E-state index in [2.05, 4.69) is 16.0 Å². The van der Waals surface area contributed by atoms with Crippen LogP contribution in [0.2, 0.25) is 0 Å². The number of urea groups is 1. The molecule has 1 heterocycles. The van der Waals surface area contributed by atoms with E-state index in [0.717, 1.165) is 25.9 Å². The molecule has 1 aliphatic rings. The zero-order valence-corrected chi connectivity index (χ0v) is 15.3. The van der Waals surface area contributed by atoms with Gasteiger partial charge in [0.2, 0.25) is 0 Å². The van der Waals surface area contributed by atoms with Crippen LogP contribution in [0.4, 0.5) is 10.5 Å². The lowest BCUT2D eigenvalue weighted by Crippen LogP contribution is -2.40. The van der Waals surface area contributed by atoms with Crippen LogP contribution >= 0.6 is 12.4 Å². The third-order valence-electron chi connectivity index (χ3n) is 3.89. The van der Waals surface area contributed by atoms with Crippen molar-refractivity contribution < 1.29 is 9.59 Å². The second kappa shape index (κ2) is 9.49. The van der Waals surface area contributed by atoms with Crippen LogP contribution in [-0.4, -0.2) is 49.1 Å². The molecule has 1 aliphatic heterocycles. The average Bonchev–Trinajstić information content (AvgIpc) is 2.95. The van der Waals surface area contributed by atoms with Gasteiger partial charge in [0.15, 0.2) is 0 Å². The number of hydrogen-bond donors (Lipinski definition) is 3. The molecule has 24 heavy (non-hydrogen) atoms. The number of nitrogens with zero attached hydrogens (tertiary/aromatic N) is 1. The summed E-state index contributed by atoms with van der Waals surface area (Å²) in [5.74, 6) is 0.0564. The van der Waals surface area contributed by atoms with Crippen LogP contribution in [-0.2, 0) is 0 Å². The van der Waals surface area contributed by atoms with E-state index in [9.17, 15) is 9.59 Å². The number of halogens is 1. The third-order valence-corrected chi connectivity index (χ3v) is 3.89. The van der Waals surface area contributed by atoms with E-state index in [1.165, 1.54) is 0 Å². The number of carbonyl (C=O) groups is 2. The first-order valence-electron chi connectivity index (χ1n) is 8.14. The maximum atomic E-state index is 12.6. The van der Waals surface area contributed by atoms with Crippen LogP contribution in [0.3, 0.4) is 0 Å². The van der Waals surface area contributed by atoms with Crippen molar-refractivity contribution in [2.45, 2.75) is 38.8 Å². The topological polar surface area (TPSA) is 73.5 Å². The zero-order chi connectivity index (χ0) is 16.8. The van der Waals surface area contributed by atoms with E-state index < -0.39 is 0 Å². The first kappa shape index (κ1) is 20.3. The molecule has 134 valence electrons. The fraction of sp³-hybridized carbons (Fsp3) is 0.529. The van der Waals surface area contributed by atoms with Gasteiger partial charge in [-0.25, -0.2) is 4.79 Å². The Hall–Kier alpha value is -1.79. The van der Waals surface area contributed by atoms with Crippen molar-refractivity contribution in [1.29, 1.82) is 0 Å². The molecule has 1 aromatic carbocycles. The van der Waals surface area contributed by atoms with Crippen molar-refractivity contribution in [3.63, 3.8) is 0 Å². The summed E-state index contributed by atoms with van der Waals surface area (Å²) in [6.07, 6.45) is 2.09. The molecule has 0 aliphatic carbocycles. The molecule has 7 heteroatoms. The van der Waals surface area contributed by atoms with Crippen molar-refractivity contribution >= 4 is 30.0 Å². The Morgan fingerprint density at radius 2 is 1.92 bits per heavy atom. The highest BCUT2D eigenvalue weighted by molar-refractivity contribution is 5.96. The minimum atomic E-state index is -0.243. The smallest absolute Gasteiger partial charge is 0.319 e. The average molecular weight is 355 g/mol. The molecule has 0 spiro atoms. The second-order valence-corrected chi connectivity index (χ2v) is 6.18. The first-order valence-corrected chi connectivity index (χ1v) is 8.14. The number of nitrogens with one attached hydrogen (secondary N) is 3. The number of rotatable bonds is 5. The number of benzene rings is 1. The van der Waals surface area contributed by atoms with E-state index in [1.807, 2.05) is 25.8 Å². The Bertz CT molecular complexity index is 548. The van der Waals surface area contributed by atoms with Gasteiger partial charge in [0, 0.05) is 36.4 Å². The molecule has 0 saturated carbocycles. The summed E-state index contributed by atoms with van der Waals surface area (Å²) >= 11 is 0. The highest BCUT2D eigenvalue weighted by Gasteiger charge is 2.28. The summed E-state index contributed by atoms with van der Waals surface area (Å²) in [5, 5.41) is 8.66. The monoisotopic (exact) mass is 354 g/mol. The lowest BCUT2D eigenvalue weighted by molar-refractivity contribution is 0.0737. The highest BCUT2D eigenvalue weighted by atomic mass is 35.5. The second-order valence-electron chi connectivity index (χ2n) is 6.18. The number of amides is 3. The predicted molar refractivity (Wildman–Crippen MR) is 99.0 cm³/mol. The van der Waals surface area contributed by atoms with Gasteiger partial charge < -0.3 is 20.9 Å². The normalized spacial score (nSPS) is 16.7. The maximum Gasteiger partial charge on any atom is 0.319 e. The van der Waals surface area contributed by atoms with Crippen LogP contribution in [0, 0.1) is 0 Å². The van der Waals surface area contributed by atoms with Gasteiger partial charge in [0.25, 0.3) is 5.91 Å². The fourth-order valence-corrected chi connectivity index (χ4v) is 2.84.